The van der Waals surface area contributed by atoms with Gasteiger partial charge in [-0.2, -0.15) is 0 Å². The molecule has 192 valence electrons. The Labute approximate surface area is 207 Å². The molecule has 12 heteroatoms. The second-order valence-electron chi connectivity index (χ2n) is 8.38. The largest absolute Gasteiger partial charge is 0.464 e. The third kappa shape index (κ3) is 7.29. The second kappa shape index (κ2) is 12.0. The molecule has 4 atom stereocenters. The molecule has 0 spiro atoms. The molecule has 0 aliphatic carbocycles. The number of carbonyl (C=O) groups excluding carboxylic acids is 1. The molecule has 11 nitrogen and oxygen atoms in total. The van der Waals surface area contributed by atoms with Gasteiger partial charge >= 0.3 is 19.2 Å². The molecule has 0 amide bonds. The van der Waals surface area contributed by atoms with E-state index in [0.717, 1.165) is 4.57 Å². The first-order valence-electron chi connectivity index (χ1n) is 11.2. The van der Waals surface area contributed by atoms with Gasteiger partial charge in [-0.1, -0.05) is 38.0 Å². The van der Waals surface area contributed by atoms with E-state index in [2.05, 4.69) is 16.0 Å². The Morgan fingerprint density at radius 1 is 1.25 bits per heavy atom. The van der Waals surface area contributed by atoms with Crippen LogP contribution in [0.15, 0.2) is 58.3 Å². The minimum absolute atomic E-state index is 0.0423. The maximum Gasteiger partial charge on any atom is 0.342 e. The molecule has 0 fully saturated rings. The summed E-state index contributed by atoms with van der Waals surface area (Å²) in [4.78, 5) is 38.3. The van der Waals surface area contributed by atoms with E-state index >= 15 is 0 Å². The average molecular weight is 517 g/mol. The third-order valence-electron chi connectivity index (χ3n) is 4.81. The molecule has 1 aromatic carbocycles. The van der Waals surface area contributed by atoms with Crippen LogP contribution < -0.4 is 20.9 Å². The number of esters is 1. The highest BCUT2D eigenvalue weighted by Gasteiger charge is 2.33. The van der Waals surface area contributed by atoms with E-state index in [1.165, 1.54) is 25.3 Å². The van der Waals surface area contributed by atoms with Crippen LogP contribution in [0.4, 0.5) is 0 Å². The lowest BCUT2D eigenvalue weighted by Crippen LogP contribution is -2.36. The molecule has 0 radical (unpaired) electrons. The Morgan fingerprint density at radius 3 is 2.64 bits per heavy atom. The lowest BCUT2D eigenvalue weighted by Gasteiger charge is -2.25. The number of aromatic nitrogens is 2. The zero-order valence-electron chi connectivity index (χ0n) is 20.1. The van der Waals surface area contributed by atoms with Gasteiger partial charge in [-0.25, -0.2) is 9.88 Å². The average Bonchev–Trinajstić information content (AvgIpc) is 3.31. The first-order chi connectivity index (χ1) is 17.1. The van der Waals surface area contributed by atoms with Gasteiger partial charge in [-0.15, -0.1) is 6.42 Å². The number of H-pyrrole nitrogens is 1. The van der Waals surface area contributed by atoms with Gasteiger partial charge in [0.15, 0.2) is 18.9 Å². The van der Waals surface area contributed by atoms with Crippen molar-refractivity contribution in [2.24, 2.45) is 5.92 Å². The molecular weight excluding hydrogens is 489 g/mol. The van der Waals surface area contributed by atoms with Crippen molar-refractivity contribution in [2.75, 3.05) is 13.0 Å². The standard InChI is InChI=1S/C24H28N3O8P/c1-5-18-13-27(24(30)25-22(18)28)20-11-12-21(34-20)33-15-36(31,35-19-9-7-6-8-10-19)26-17(4)23(29)32-14-16(2)3/h1,6-13,16-17,20-21H,14-15H2,2-4H3,(H,26,31)(H,25,28,30)/t17-,20+,21-,36?/m0/s1. The van der Waals surface area contributed by atoms with Crippen molar-refractivity contribution >= 4 is 13.5 Å². The van der Waals surface area contributed by atoms with Crippen molar-refractivity contribution in [3.8, 4) is 18.1 Å². The van der Waals surface area contributed by atoms with Crippen LogP contribution >= 0.6 is 7.52 Å². The molecule has 1 aliphatic rings. The van der Waals surface area contributed by atoms with Gasteiger partial charge in [0.25, 0.3) is 5.56 Å². The zero-order valence-corrected chi connectivity index (χ0v) is 21.0. The molecule has 1 unspecified atom stereocenters. The zero-order chi connectivity index (χ0) is 26.3. The molecule has 3 rings (SSSR count). The molecular formula is C24H28N3O8P. The van der Waals surface area contributed by atoms with Crippen LogP contribution in [-0.4, -0.2) is 40.8 Å². The quantitative estimate of drug-likeness (QED) is 0.199. The normalized spacial score (nSPS) is 19.4. The van der Waals surface area contributed by atoms with Crippen LogP contribution in [-0.2, 0) is 23.6 Å². The molecule has 2 N–H and O–H groups in total. The fraction of sp³-hybridized carbons (Fsp3) is 0.375. The fourth-order valence-electron chi connectivity index (χ4n) is 3.08. The number of para-hydroxylation sites is 1. The number of hydrogen-bond acceptors (Lipinski definition) is 8. The first kappa shape index (κ1) is 27.2. The van der Waals surface area contributed by atoms with Gasteiger partial charge in [-0.3, -0.25) is 23.7 Å². The van der Waals surface area contributed by atoms with E-state index in [4.69, 9.17) is 25.2 Å². The summed E-state index contributed by atoms with van der Waals surface area (Å²) in [5, 5.41) is 2.70. The van der Waals surface area contributed by atoms with Gasteiger partial charge in [-0.05, 0) is 37.1 Å². The summed E-state index contributed by atoms with van der Waals surface area (Å²) in [5.74, 6) is 2.06. The number of carbonyl (C=O) groups is 1. The molecule has 0 saturated carbocycles. The number of rotatable bonds is 11. The van der Waals surface area contributed by atoms with Gasteiger partial charge in [0.1, 0.15) is 17.4 Å². The Balaban J connectivity index is 1.69. The van der Waals surface area contributed by atoms with Gasteiger partial charge in [0.2, 0.25) is 0 Å². The maximum atomic E-state index is 13.7. The summed E-state index contributed by atoms with van der Waals surface area (Å²) >= 11 is 0. The highest BCUT2D eigenvalue weighted by atomic mass is 31.2. The molecule has 0 saturated heterocycles. The van der Waals surface area contributed by atoms with Crippen molar-refractivity contribution in [1.82, 2.24) is 14.6 Å². The minimum atomic E-state index is -3.80. The van der Waals surface area contributed by atoms with Crippen LogP contribution in [0.25, 0.3) is 0 Å². The fourth-order valence-corrected chi connectivity index (χ4v) is 4.76. The van der Waals surface area contributed by atoms with Gasteiger partial charge in [0, 0.05) is 6.20 Å². The third-order valence-corrected chi connectivity index (χ3v) is 6.59. The lowest BCUT2D eigenvalue weighted by atomic mass is 10.2. The summed E-state index contributed by atoms with van der Waals surface area (Å²) in [5.41, 5.74) is -1.44. The number of hydrogen-bond donors (Lipinski definition) is 2. The Bertz CT molecular complexity index is 1290. The summed E-state index contributed by atoms with van der Waals surface area (Å²) in [7, 11) is -3.80. The van der Waals surface area contributed by atoms with Crippen molar-refractivity contribution in [2.45, 2.75) is 39.3 Å². The van der Waals surface area contributed by atoms with E-state index in [-0.39, 0.29) is 18.1 Å². The predicted octanol–water partition coefficient (Wildman–Crippen LogP) is 2.35. The number of nitrogens with one attached hydrogen (secondary N) is 2. The molecule has 0 bridgehead atoms. The topological polar surface area (TPSA) is 138 Å². The molecule has 2 heterocycles. The molecule has 1 aliphatic heterocycles. The van der Waals surface area contributed by atoms with E-state index in [1.807, 2.05) is 13.8 Å². The Kier molecular flexibility index (Phi) is 9.07. The van der Waals surface area contributed by atoms with Crippen molar-refractivity contribution in [3.63, 3.8) is 0 Å². The van der Waals surface area contributed by atoms with Crippen molar-refractivity contribution in [1.29, 1.82) is 0 Å². The van der Waals surface area contributed by atoms with Crippen LogP contribution in [0.3, 0.4) is 0 Å². The van der Waals surface area contributed by atoms with Crippen molar-refractivity contribution in [3.05, 3.63) is 75.1 Å². The van der Waals surface area contributed by atoms with Crippen LogP contribution in [0.1, 0.15) is 32.6 Å². The summed E-state index contributed by atoms with van der Waals surface area (Å²) in [6.45, 7) is 5.54. The van der Waals surface area contributed by atoms with E-state index in [9.17, 15) is 18.9 Å². The Morgan fingerprint density at radius 2 is 1.97 bits per heavy atom. The summed E-state index contributed by atoms with van der Waals surface area (Å²) < 4.78 is 37.0. The van der Waals surface area contributed by atoms with E-state index < -0.39 is 49.6 Å². The SMILES string of the molecule is C#Cc1cn([C@H]2C=C[C@@H](OCP(=O)(N[C@@H](C)C(=O)OCC(C)C)Oc3ccccc3)O2)c(=O)[nH]c1=O. The monoisotopic (exact) mass is 517 g/mol. The highest BCUT2D eigenvalue weighted by molar-refractivity contribution is 7.57. The smallest absolute Gasteiger partial charge is 0.342 e. The second-order valence-corrected chi connectivity index (χ2v) is 10.4. The number of benzene rings is 1. The van der Waals surface area contributed by atoms with E-state index in [0.29, 0.717) is 5.75 Å². The number of ether oxygens (including phenoxy) is 3. The van der Waals surface area contributed by atoms with Crippen LogP contribution in [0.5, 0.6) is 5.75 Å². The Hall–Kier alpha value is -3.42. The molecule has 1 aromatic heterocycles. The first-order valence-corrected chi connectivity index (χ1v) is 13.0. The molecule has 2 aromatic rings. The lowest BCUT2D eigenvalue weighted by molar-refractivity contribution is -0.146. The van der Waals surface area contributed by atoms with Crippen LogP contribution in [0.2, 0.25) is 0 Å². The van der Waals surface area contributed by atoms with E-state index in [1.54, 1.807) is 30.3 Å². The number of aromatic amines is 1. The predicted molar refractivity (Wildman–Crippen MR) is 131 cm³/mol. The van der Waals surface area contributed by atoms with Crippen LogP contribution in [0, 0.1) is 18.3 Å². The summed E-state index contributed by atoms with van der Waals surface area (Å²) in [6.07, 6.45) is 7.14. The van der Waals surface area contributed by atoms with Gasteiger partial charge < -0.3 is 18.7 Å². The van der Waals surface area contributed by atoms with Gasteiger partial charge in [0.05, 0.1) is 6.61 Å². The maximum absolute atomic E-state index is 13.7. The number of nitrogens with zero attached hydrogens (tertiary/aromatic N) is 1. The molecule has 36 heavy (non-hydrogen) atoms. The minimum Gasteiger partial charge on any atom is -0.464 e. The summed E-state index contributed by atoms with van der Waals surface area (Å²) in [6, 6.07) is 7.47. The number of terminal acetylenes is 1. The highest BCUT2D eigenvalue weighted by Crippen LogP contribution is 2.44. The van der Waals surface area contributed by atoms with Crippen molar-refractivity contribution < 1.29 is 28.1 Å².